The monoisotopic (exact) mass is 427 g/mol. The second-order valence-corrected chi connectivity index (χ2v) is 7.17. The third-order valence-corrected chi connectivity index (χ3v) is 5.11. The fourth-order valence-electron chi connectivity index (χ4n) is 3.55. The van der Waals surface area contributed by atoms with E-state index in [9.17, 15) is 9.59 Å². The zero-order valence-electron chi connectivity index (χ0n) is 17.6. The van der Waals surface area contributed by atoms with E-state index in [4.69, 9.17) is 14.2 Å². The van der Waals surface area contributed by atoms with Crippen LogP contribution in [0.4, 0.5) is 4.79 Å². The highest BCUT2D eigenvalue weighted by Crippen LogP contribution is 2.37. The molecule has 1 saturated heterocycles. The van der Waals surface area contributed by atoms with Crippen LogP contribution in [-0.2, 0) is 9.47 Å². The Kier molecular flexibility index (Phi) is 6.09. The maximum absolute atomic E-state index is 12.0. The Morgan fingerprint density at radius 2 is 1.59 bits per heavy atom. The minimum Gasteiger partial charge on any atom is -0.497 e. The number of methoxy groups -OCH3 is 2. The first-order chi connectivity index (χ1) is 15.6. The molecule has 1 fully saturated rings. The van der Waals surface area contributed by atoms with Gasteiger partial charge < -0.3 is 19.5 Å². The number of cyclic esters (lactones) is 1. The molecular weight excluding hydrogens is 406 g/mol. The van der Waals surface area contributed by atoms with Gasteiger partial charge in [-0.3, -0.25) is 0 Å². The molecule has 6 heteroatoms. The van der Waals surface area contributed by atoms with Gasteiger partial charge in [0.1, 0.15) is 5.75 Å². The number of benzene rings is 3. The average molecular weight is 427 g/mol. The third-order valence-electron chi connectivity index (χ3n) is 5.11. The molecule has 1 aliphatic rings. The first kappa shape index (κ1) is 21.0. The van der Waals surface area contributed by atoms with E-state index in [1.807, 2.05) is 54.6 Å². The summed E-state index contributed by atoms with van der Waals surface area (Å²) in [5.41, 5.74) is 3.63. The molecule has 1 aliphatic heterocycles. The van der Waals surface area contributed by atoms with E-state index < -0.39 is 18.2 Å². The van der Waals surface area contributed by atoms with Crippen LogP contribution in [-0.4, -0.2) is 26.3 Å². The van der Waals surface area contributed by atoms with Gasteiger partial charge in [-0.2, -0.15) is 0 Å². The molecule has 0 unspecified atom stereocenters. The van der Waals surface area contributed by atoms with Crippen LogP contribution in [0.25, 0.3) is 0 Å². The van der Waals surface area contributed by atoms with Crippen molar-refractivity contribution >= 4 is 12.1 Å². The summed E-state index contributed by atoms with van der Waals surface area (Å²) >= 11 is 0. The highest BCUT2D eigenvalue weighted by Gasteiger charge is 2.36. The molecule has 3 aromatic rings. The molecule has 6 nitrogen and oxygen atoms in total. The Balaban J connectivity index is 1.61. The van der Waals surface area contributed by atoms with Crippen molar-refractivity contribution in [1.82, 2.24) is 5.32 Å². The lowest BCUT2D eigenvalue weighted by Gasteiger charge is -2.18. The zero-order chi connectivity index (χ0) is 22.5. The summed E-state index contributed by atoms with van der Waals surface area (Å²) < 4.78 is 15.6. The first-order valence-corrected chi connectivity index (χ1v) is 9.99. The molecule has 0 spiro atoms. The fraction of sp³-hybridized carbons (Fsp3) is 0.154. The largest absolute Gasteiger partial charge is 0.497 e. The molecule has 0 bridgehead atoms. The summed E-state index contributed by atoms with van der Waals surface area (Å²) in [6.07, 6.45) is -0.962. The number of carbonyl (C=O) groups is 2. The van der Waals surface area contributed by atoms with E-state index in [1.165, 1.54) is 7.11 Å². The lowest BCUT2D eigenvalue weighted by molar-refractivity contribution is 0.0600. The van der Waals surface area contributed by atoms with Crippen molar-refractivity contribution in [2.75, 3.05) is 14.2 Å². The number of amides is 1. The van der Waals surface area contributed by atoms with Gasteiger partial charge in [-0.1, -0.05) is 42.2 Å². The molecule has 0 aliphatic carbocycles. The van der Waals surface area contributed by atoms with Crippen LogP contribution in [0.2, 0.25) is 0 Å². The summed E-state index contributed by atoms with van der Waals surface area (Å²) in [4.78, 5) is 23.8. The molecular formula is C26H21NO5. The maximum Gasteiger partial charge on any atom is 0.408 e. The second-order valence-electron chi connectivity index (χ2n) is 7.17. The average Bonchev–Trinajstić information content (AvgIpc) is 3.24. The molecule has 0 radical (unpaired) electrons. The predicted octanol–water partition coefficient (Wildman–Crippen LogP) is 4.40. The summed E-state index contributed by atoms with van der Waals surface area (Å²) in [5, 5.41) is 2.88. The highest BCUT2D eigenvalue weighted by molar-refractivity contribution is 5.89. The second kappa shape index (κ2) is 9.27. The van der Waals surface area contributed by atoms with Gasteiger partial charge in [0.15, 0.2) is 6.10 Å². The number of esters is 1. The van der Waals surface area contributed by atoms with Crippen molar-refractivity contribution < 1.29 is 23.8 Å². The van der Waals surface area contributed by atoms with Crippen LogP contribution in [0.1, 0.15) is 44.8 Å². The van der Waals surface area contributed by atoms with Crippen molar-refractivity contribution in [3.8, 4) is 17.6 Å². The van der Waals surface area contributed by atoms with E-state index in [0.29, 0.717) is 16.9 Å². The van der Waals surface area contributed by atoms with Gasteiger partial charge in [-0.05, 0) is 53.6 Å². The fourth-order valence-corrected chi connectivity index (χ4v) is 3.55. The number of rotatable bonds is 4. The normalized spacial score (nSPS) is 16.9. The van der Waals surface area contributed by atoms with Crippen LogP contribution in [0.3, 0.4) is 0 Å². The Labute approximate surface area is 186 Å². The lowest BCUT2D eigenvalue weighted by atomic mass is 9.95. The smallest absolute Gasteiger partial charge is 0.408 e. The third kappa shape index (κ3) is 4.57. The number of nitrogens with one attached hydrogen (secondary N) is 1. The Hall–Kier alpha value is -4.24. The maximum atomic E-state index is 12.0. The Bertz CT molecular complexity index is 1220. The molecule has 2 atom stereocenters. The van der Waals surface area contributed by atoms with Gasteiger partial charge in [-0.25, -0.2) is 9.59 Å². The number of ether oxygens (including phenoxy) is 3. The summed E-state index contributed by atoms with van der Waals surface area (Å²) in [6, 6.07) is 21.7. The van der Waals surface area contributed by atoms with Crippen molar-refractivity contribution in [1.29, 1.82) is 0 Å². The standard InChI is InChI=1S/C26H21NO5/c1-30-22-11-5-9-20(16-22)24-23(27-26(29)32-24)19-8-3-6-17(14-19)12-13-18-7-4-10-21(15-18)25(28)31-2/h3-11,14-16,23-24H,1-2H3,(H,27,29)/t23-,24-/m1/s1. The SMILES string of the molecule is COC(=O)c1cccc(C#Cc2cccc([C@H]3NC(=O)O[C@@H]3c3cccc(OC)c3)c2)c1. The summed E-state index contributed by atoms with van der Waals surface area (Å²) in [7, 11) is 2.94. The number of alkyl carbamates (subject to hydrolysis) is 1. The van der Waals surface area contributed by atoms with E-state index in [2.05, 4.69) is 17.2 Å². The Morgan fingerprint density at radius 3 is 2.34 bits per heavy atom. The van der Waals surface area contributed by atoms with Gasteiger partial charge in [0, 0.05) is 11.1 Å². The molecule has 160 valence electrons. The van der Waals surface area contributed by atoms with E-state index in [-0.39, 0.29) is 6.04 Å². The molecule has 1 N–H and O–H groups in total. The topological polar surface area (TPSA) is 73.9 Å². The number of hydrogen-bond acceptors (Lipinski definition) is 5. The molecule has 1 amide bonds. The minimum atomic E-state index is -0.488. The van der Waals surface area contributed by atoms with E-state index >= 15 is 0 Å². The Morgan fingerprint density at radius 1 is 0.906 bits per heavy atom. The molecule has 0 aromatic heterocycles. The van der Waals surface area contributed by atoms with Gasteiger partial charge in [0.25, 0.3) is 0 Å². The quantitative estimate of drug-likeness (QED) is 0.493. The van der Waals surface area contributed by atoms with E-state index in [0.717, 1.165) is 16.7 Å². The van der Waals surface area contributed by atoms with Crippen LogP contribution in [0.15, 0.2) is 72.8 Å². The number of hydrogen-bond donors (Lipinski definition) is 1. The minimum absolute atomic E-state index is 0.362. The lowest BCUT2D eigenvalue weighted by Crippen LogP contribution is -2.19. The van der Waals surface area contributed by atoms with Gasteiger partial charge in [0.2, 0.25) is 0 Å². The molecule has 32 heavy (non-hydrogen) atoms. The van der Waals surface area contributed by atoms with Crippen LogP contribution < -0.4 is 10.1 Å². The summed E-state index contributed by atoms with van der Waals surface area (Å²) in [6.45, 7) is 0. The molecule has 4 rings (SSSR count). The predicted molar refractivity (Wildman–Crippen MR) is 118 cm³/mol. The van der Waals surface area contributed by atoms with Crippen LogP contribution in [0.5, 0.6) is 5.75 Å². The van der Waals surface area contributed by atoms with Crippen LogP contribution >= 0.6 is 0 Å². The van der Waals surface area contributed by atoms with E-state index in [1.54, 1.807) is 25.3 Å². The van der Waals surface area contributed by atoms with Gasteiger partial charge in [0.05, 0.1) is 25.8 Å². The van der Waals surface area contributed by atoms with Crippen molar-refractivity contribution in [3.63, 3.8) is 0 Å². The summed E-state index contributed by atoms with van der Waals surface area (Å²) in [5.74, 6) is 6.48. The van der Waals surface area contributed by atoms with Crippen LogP contribution in [0, 0.1) is 11.8 Å². The zero-order valence-corrected chi connectivity index (χ0v) is 17.6. The van der Waals surface area contributed by atoms with Crippen molar-refractivity contribution in [2.24, 2.45) is 0 Å². The van der Waals surface area contributed by atoms with Gasteiger partial charge >= 0.3 is 12.1 Å². The van der Waals surface area contributed by atoms with Crippen molar-refractivity contribution in [2.45, 2.75) is 12.1 Å². The van der Waals surface area contributed by atoms with Gasteiger partial charge in [-0.15, -0.1) is 0 Å². The number of carbonyl (C=O) groups excluding carboxylic acids is 2. The highest BCUT2D eigenvalue weighted by atomic mass is 16.6. The molecule has 0 saturated carbocycles. The van der Waals surface area contributed by atoms with Crippen molar-refractivity contribution in [3.05, 3.63) is 101 Å². The molecule has 1 heterocycles. The molecule has 3 aromatic carbocycles. The first-order valence-electron chi connectivity index (χ1n) is 9.99.